The predicted octanol–water partition coefficient (Wildman–Crippen LogP) is -0.104. The zero-order valence-corrected chi connectivity index (χ0v) is 12.1. The molecular weight excluding hydrogens is 268 g/mol. The van der Waals surface area contributed by atoms with Gasteiger partial charge in [-0.2, -0.15) is 0 Å². The fourth-order valence-electron chi connectivity index (χ4n) is 3.17. The quantitative estimate of drug-likeness (QED) is 0.841. The van der Waals surface area contributed by atoms with E-state index in [0.717, 1.165) is 39.0 Å². The molecule has 0 bridgehead atoms. The van der Waals surface area contributed by atoms with Gasteiger partial charge in [-0.25, -0.2) is 0 Å². The topological polar surface area (TPSA) is 71.6 Å². The van der Waals surface area contributed by atoms with E-state index in [4.69, 9.17) is 5.73 Å². The Morgan fingerprint density at radius 2 is 1.71 bits per heavy atom. The molecule has 2 N–H and O–H groups in total. The molecule has 1 aromatic heterocycles. The summed E-state index contributed by atoms with van der Waals surface area (Å²) < 4.78 is 1.90. The molecule has 21 heavy (non-hydrogen) atoms. The number of piperidine rings is 1. The summed E-state index contributed by atoms with van der Waals surface area (Å²) in [6, 6.07) is 4.30. The van der Waals surface area contributed by atoms with Gasteiger partial charge in [-0.1, -0.05) is 0 Å². The number of aromatic nitrogens is 1. The van der Waals surface area contributed by atoms with Crippen molar-refractivity contribution < 1.29 is 9.59 Å². The molecule has 2 aliphatic heterocycles. The Kier molecular flexibility index (Phi) is 3.96. The van der Waals surface area contributed by atoms with Crippen LogP contribution in [0.5, 0.6) is 0 Å². The Labute approximate surface area is 124 Å². The lowest BCUT2D eigenvalue weighted by molar-refractivity contribution is -0.139. The van der Waals surface area contributed by atoms with Crippen molar-refractivity contribution in [1.82, 2.24) is 14.4 Å². The van der Waals surface area contributed by atoms with Crippen LogP contribution in [-0.2, 0) is 16.1 Å². The minimum absolute atomic E-state index is 0.0350. The van der Waals surface area contributed by atoms with Gasteiger partial charge in [-0.05, 0) is 38.1 Å². The van der Waals surface area contributed by atoms with Crippen molar-refractivity contribution in [2.45, 2.75) is 25.4 Å². The summed E-state index contributed by atoms with van der Waals surface area (Å²) in [4.78, 5) is 27.5. The van der Waals surface area contributed by atoms with E-state index in [-0.39, 0.29) is 17.7 Å². The van der Waals surface area contributed by atoms with E-state index in [2.05, 4.69) is 4.90 Å². The van der Waals surface area contributed by atoms with Crippen LogP contribution >= 0.6 is 0 Å². The molecule has 0 atom stereocenters. The van der Waals surface area contributed by atoms with Crippen LogP contribution in [0.25, 0.3) is 0 Å². The van der Waals surface area contributed by atoms with E-state index < -0.39 is 0 Å². The smallest absolute Gasteiger partial charge is 0.242 e. The molecule has 0 aliphatic carbocycles. The van der Waals surface area contributed by atoms with Gasteiger partial charge in [0.15, 0.2) is 0 Å². The van der Waals surface area contributed by atoms with Crippen LogP contribution in [-0.4, -0.2) is 58.4 Å². The Balaban J connectivity index is 1.42. The van der Waals surface area contributed by atoms with Crippen molar-refractivity contribution in [3.63, 3.8) is 0 Å². The highest BCUT2D eigenvalue weighted by atomic mass is 16.2. The third kappa shape index (κ3) is 3.10. The number of nitrogens with two attached hydrogens (primary N) is 1. The highest BCUT2D eigenvalue weighted by Gasteiger charge is 2.36. The number of hydrogen-bond acceptors (Lipinski definition) is 3. The Morgan fingerprint density at radius 1 is 1.10 bits per heavy atom. The van der Waals surface area contributed by atoms with Gasteiger partial charge in [0.2, 0.25) is 11.8 Å². The van der Waals surface area contributed by atoms with Gasteiger partial charge in [0, 0.05) is 37.4 Å². The van der Waals surface area contributed by atoms with Crippen molar-refractivity contribution in [1.29, 1.82) is 0 Å². The lowest BCUT2D eigenvalue weighted by atomic mass is 9.94. The zero-order chi connectivity index (χ0) is 14.8. The lowest BCUT2D eigenvalue weighted by Gasteiger charge is -2.47. The average Bonchev–Trinajstić information content (AvgIpc) is 2.90. The van der Waals surface area contributed by atoms with Crippen molar-refractivity contribution in [3.8, 4) is 0 Å². The summed E-state index contributed by atoms with van der Waals surface area (Å²) in [5.74, 6) is 0.0362. The summed E-state index contributed by atoms with van der Waals surface area (Å²) in [6.45, 7) is 3.86. The molecule has 2 fully saturated rings. The van der Waals surface area contributed by atoms with Crippen molar-refractivity contribution in [3.05, 3.63) is 24.5 Å². The van der Waals surface area contributed by atoms with Crippen LogP contribution in [0.2, 0.25) is 0 Å². The summed E-state index contributed by atoms with van der Waals surface area (Å²) in [5, 5.41) is 0. The summed E-state index contributed by atoms with van der Waals surface area (Å²) >= 11 is 0. The predicted molar refractivity (Wildman–Crippen MR) is 78.3 cm³/mol. The van der Waals surface area contributed by atoms with Gasteiger partial charge < -0.3 is 15.2 Å². The molecule has 3 rings (SSSR count). The van der Waals surface area contributed by atoms with Crippen molar-refractivity contribution >= 4 is 11.8 Å². The molecule has 6 heteroatoms. The number of likely N-dealkylation sites (tertiary alicyclic amines) is 2. The molecule has 0 spiro atoms. The Bertz CT molecular complexity index is 500. The van der Waals surface area contributed by atoms with Crippen LogP contribution in [0.4, 0.5) is 0 Å². The van der Waals surface area contributed by atoms with E-state index in [1.807, 2.05) is 34.0 Å². The third-order valence-corrected chi connectivity index (χ3v) is 4.65. The number of hydrogen-bond donors (Lipinski definition) is 1. The van der Waals surface area contributed by atoms with Gasteiger partial charge in [0.05, 0.1) is 0 Å². The minimum Gasteiger partial charge on any atom is -0.369 e. The fourth-order valence-corrected chi connectivity index (χ4v) is 3.17. The van der Waals surface area contributed by atoms with Crippen molar-refractivity contribution in [2.75, 3.05) is 26.2 Å². The van der Waals surface area contributed by atoms with E-state index in [9.17, 15) is 9.59 Å². The van der Waals surface area contributed by atoms with E-state index in [1.54, 1.807) is 0 Å². The normalized spacial score (nSPS) is 21.2. The average molecular weight is 290 g/mol. The first-order valence-corrected chi connectivity index (χ1v) is 7.55. The molecule has 1 aromatic rings. The standard InChI is InChI=1S/C15H22N4O2/c16-15(21)12-3-7-18(8-4-12)13-9-19(10-13)14(20)11-17-5-1-2-6-17/h1-2,5-6,12-13H,3-4,7-11H2,(H2,16,21). The number of rotatable bonds is 4. The molecule has 0 aromatic carbocycles. The summed E-state index contributed by atoms with van der Waals surface area (Å²) in [6.07, 6.45) is 5.51. The molecule has 2 aliphatic rings. The monoisotopic (exact) mass is 290 g/mol. The Morgan fingerprint density at radius 3 is 2.29 bits per heavy atom. The second-order valence-electron chi connectivity index (χ2n) is 6.02. The van der Waals surface area contributed by atoms with Gasteiger partial charge in [0.1, 0.15) is 6.54 Å². The van der Waals surface area contributed by atoms with Gasteiger partial charge in [-0.3, -0.25) is 14.5 Å². The van der Waals surface area contributed by atoms with E-state index in [1.165, 1.54) is 0 Å². The van der Waals surface area contributed by atoms with Crippen molar-refractivity contribution in [2.24, 2.45) is 11.7 Å². The van der Waals surface area contributed by atoms with Crippen LogP contribution in [0.1, 0.15) is 12.8 Å². The molecule has 0 saturated carbocycles. The maximum atomic E-state index is 12.1. The highest BCUT2D eigenvalue weighted by molar-refractivity contribution is 5.77. The lowest BCUT2D eigenvalue weighted by Crippen LogP contribution is -2.62. The largest absolute Gasteiger partial charge is 0.369 e. The molecule has 0 radical (unpaired) electrons. The molecule has 3 heterocycles. The second-order valence-corrected chi connectivity index (χ2v) is 6.02. The number of carbonyl (C=O) groups is 2. The number of nitrogens with zero attached hydrogens (tertiary/aromatic N) is 3. The van der Waals surface area contributed by atoms with E-state index >= 15 is 0 Å². The molecule has 2 amide bonds. The van der Waals surface area contributed by atoms with Crippen LogP contribution in [0.3, 0.4) is 0 Å². The number of carbonyl (C=O) groups excluding carboxylic acids is 2. The maximum Gasteiger partial charge on any atom is 0.242 e. The molecule has 0 unspecified atom stereocenters. The van der Waals surface area contributed by atoms with Gasteiger partial charge in [-0.15, -0.1) is 0 Å². The van der Waals surface area contributed by atoms with Crippen LogP contribution in [0.15, 0.2) is 24.5 Å². The number of amides is 2. The van der Waals surface area contributed by atoms with Gasteiger partial charge in [0.25, 0.3) is 0 Å². The third-order valence-electron chi connectivity index (χ3n) is 4.65. The Hall–Kier alpha value is -1.82. The molecule has 114 valence electrons. The first-order chi connectivity index (χ1) is 10.1. The zero-order valence-electron chi connectivity index (χ0n) is 12.1. The summed E-state index contributed by atoms with van der Waals surface area (Å²) in [7, 11) is 0. The molecular formula is C15H22N4O2. The van der Waals surface area contributed by atoms with E-state index in [0.29, 0.717) is 12.6 Å². The number of primary amides is 1. The second kappa shape index (κ2) is 5.89. The minimum atomic E-state index is -0.174. The summed E-state index contributed by atoms with van der Waals surface area (Å²) in [5.41, 5.74) is 5.35. The van der Waals surface area contributed by atoms with Crippen LogP contribution in [0, 0.1) is 5.92 Å². The SMILES string of the molecule is NC(=O)C1CCN(C2CN(C(=O)Cn3cccc3)C2)CC1. The molecule has 2 saturated heterocycles. The van der Waals surface area contributed by atoms with Crippen LogP contribution < -0.4 is 5.73 Å². The highest BCUT2D eigenvalue weighted by Crippen LogP contribution is 2.23. The van der Waals surface area contributed by atoms with Gasteiger partial charge >= 0.3 is 0 Å². The maximum absolute atomic E-state index is 12.1. The first kappa shape index (κ1) is 14.1. The first-order valence-electron chi connectivity index (χ1n) is 7.55. The molecule has 6 nitrogen and oxygen atoms in total. The fraction of sp³-hybridized carbons (Fsp3) is 0.600.